The molecule has 0 fully saturated rings. The predicted octanol–water partition coefficient (Wildman–Crippen LogP) is 4.30. The van der Waals surface area contributed by atoms with Crippen LogP contribution in [0.15, 0.2) is 47.4 Å². The molecule has 9 heteroatoms. The highest BCUT2D eigenvalue weighted by Crippen LogP contribution is 2.33. The van der Waals surface area contributed by atoms with E-state index in [9.17, 15) is 26.0 Å². The SMILES string of the molecule is O=S(=O)(Nc1cc(C(F)(F)F)ccc1F)c1ccccc1Cl. The minimum absolute atomic E-state index is 0.137. The van der Waals surface area contributed by atoms with E-state index in [-0.39, 0.29) is 9.92 Å². The Balaban J connectivity index is 2.44. The molecule has 0 heterocycles. The molecule has 1 N–H and O–H groups in total. The van der Waals surface area contributed by atoms with Crippen LogP contribution >= 0.6 is 11.6 Å². The van der Waals surface area contributed by atoms with Crippen molar-refractivity contribution in [1.82, 2.24) is 0 Å². The summed E-state index contributed by atoms with van der Waals surface area (Å²) in [5.41, 5.74) is -1.99. The Bertz CT molecular complexity index is 806. The lowest BCUT2D eigenvalue weighted by atomic mass is 10.2. The average Bonchev–Trinajstić information content (AvgIpc) is 2.40. The van der Waals surface area contributed by atoms with Crippen molar-refractivity contribution in [2.75, 3.05) is 4.72 Å². The molecule has 0 bridgehead atoms. The number of rotatable bonds is 3. The number of sulfonamides is 1. The van der Waals surface area contributed by atoms with Crippen LogP contribution < -0.4 is 4.72 Å². The monoisotopic (exact) mass is 353 g/mol. The summed E-state index contributed by atoms with van der Waals surface area (Å²) in [6.07, 6.45) is -4.72. The molecule has 0 unspecified atom stereocenters. The van der Waals surface area contributed by atoms with Gasteiger partial charge in [-0.05, 0) is 30.3 Å². The van der Waals surface area contributed by atoms with E-state index in [2.05, 4.69) is 0 Å². The van der Waals surface area contributed by atoms with Gasteiger partial charge in [0.1, 0.15) is 10.7 Å². The van der Waals surface area contributed by atoms with Gasteiger partial charge in [0.15, 0.2) is 0 Å². The van der Waals surface area contributed by atoms with Crippen LogP contribution in [0.25, 0.3) is 0 Å². The van der Waals surface area contributed by atoms with Crippen molar-refractivity contribution >= 4 is 27.3 Å². The average molecular weight is 354 g/mol. The molecule has 0 aliphatic carbocycles. The molecule has 0 amide bonds. The Morgan fingerprint density at radius 3 is 2.27 bits per heavy atom. The van der Waals surface area contributed by atoms with Gasteiger partial charge in [-0.25, -0.2) is 12.8 Å². The quantitative estimate of drug-likeness (QED) is 0.836. The lowest BCUT2D eigenvalue weighted by molar-refractivity contribution is -0.137. The van der Waals surface area contributed by atoms with Crippen molar-refractivity contribution in [3.8, 4) is 0 Å². The number of halogens is 5. The zero-order valence-electron chi connectivity index (χ0n) is 10.7. The third kappa shape index (κ3) is 3.50. The molecule has 0 saturated carbocycles. The summed E-state index contributed by atoms with van der Waals surface area (Å²) in [5, 5.41) is -0.137. The summed E-state index contributed by atoms with van der Waals surface area (Å²) in [4.78, 5) is -0.367. The maximum atomic E-state index is 13.6. The first-order chi connectivity index (χ1) is 10.1. The lowest BCUT2D eigenvalue weighted by Crippen LogP contribution is -2.15. The van der Waals surface area contributed by atoms with E-state index in [1.54, 1.807) is 4.72 Å². The Kier molecular flexibility index (Phi) is 4.35. The van der Waals surface area contributed by atoms with Crippen LogP contribution in [0.5, 0.6) is 0 Å². The first kappa shape index (κ1) is 16.6. The highest BCUT2D eigenvalue weighted by molar-refractivity contribution is 7.92. The first-order valence-electron chi connectivity index (χ1n) is 5.75. The highest BCUT2D eigenvalue weighted by atomic mass is 35.5. The van der Waals surface area contributed by atoms with Crippen molar-refractivity contribution in [1.29, 1.82) is 0 Å². The number of nitrogens with one attached hydrogen (secondary N) is 1. The van der Waals surface area contributed by atoms with Crippen molar-refractivity contribution in [3.05, 3.63) is 58.9 Å². The van der Waals surface area contributed by atoms with Gasteiger partial charge in [0.25, 0.3) is 10.0 Å². The zero-order chi connectivity index (χ0) is 16.5. The minimum Gasteiger partial charge on any atom is -0.277 e. The van der Waals surface area contributed by atoms with E-state index in [1.807, 2.05) is 0 Å². The van der Waals surface area contributed by atoms with Crippen molar-refractivity contribution in [3.63, 3.8) is 0 Å². The second-order valence-corrected chi connectivity index (χ2v) is 6.29. The largest absolute Gasteiger partial charge is 0.416 e. The Morgan fingerprint density at radius 2 is 1.68 bits per heavy atom. The predicted molar refractivity (Wildman–Crippen MR) is 73.7 cm³/mol. The molecule has 2 aromatic carbocycles. The Hall–Kier alpha value is -1.80. The van der Waals surface area contributed by atoms with Gasteiger partial charge in [-0.3, -0.25) is 4.72 Å². The van der Waals surface area contributed by atoms with Crippen LogP contribution in [0.1, 0.15) is 5.56 Å². The van der Waals surface area contributed by atoms with Gasteiger partial charge in [0.2, 0.25) is 0 Å². The maximum absolute atomic E-state index is 13.6. The van der Waals surface area contributed by atoms with Gasteiger partial charge in [-0.1, -0.05) is 23.7 Å². The normalized spacial score (nSPS) is 12.2. The minimum atomic E-state index is -4.72. The standard InChI is InChI=1S/C13H8ClF4NO2S/c14-9-3-1-2-4-12(9)22(20,21)19-11-7-8(13(16,17)18)5-6-10(11)15/h1-7,19H. The van der Waals surface area contributed by atoms with Crippen LogP contribution in [0.2, 0.25) is 5.02 Å². The van der Waals surface area contributed by atoms with Gasteiger partial charge in [-0.2, -0.15) is 13.2 Å². The molecule has 0 radical (unpaired) electrons. The maximum Gasteiger partial charge on any atom is 0.416 e. The summed E-state index contributed by atoms with van der Waals surface area (Å²) in [7, 11) is -4.32. The fraction of sp³-hybridized carbons (Fsp3) is 0.0769. The zero-order valence-corrected chi connectivity index (χ0v) is 12.2. The second kappa shape index (κ2) is 5.77. The molecule has 22 heavy (non-hydrogen) atoms. The fourth-order valence-electron chi connectivity index (χ4n) is 1.64. The van der Waals surface area contributed by atoms with Crippen LogP contribution in [0.4, 0.5) is 23.2 Å². The van der Waals surface area contributed by atoms with Gasteiger partial charge in [0.05, 0.1) is 16.3 Å². The molecule has 2 rings (SSSR count). The molecule has 0 aliphatic rings. The third-order valence-corrected chi connectivity index (χ3v) is 4.53. The Morgan fingerprint density at radius 1 is 1.05 bits per heavy atom. The molecular formula is C13H8ClF4NO2S. The number of benzene rings is 2. The summed E-state index contributed by atoms with van der Waals surface area (Å²) in [5.74, 6) is -1.14. The van der Waals surface area contributed by atoms with E-state index in [0.717, 1.165) is 6.07 Å². The van der Waals surface area contributed by atoms with Gasteiger partial charge < -0.3 is 0 Å². The van der Waals surface area contributed by atoms with Crippen LogP contribution in [-0.4, -0.2) is 8.42 Å². The summed E-state index contributed by atoms with van der Waals surface area (Å²) in [6, 6.07) is 6.73. The number of hydrogen-bond acceptors (Lipinski definition) is 2. The number of hydrogen-bond donors (Lipinski definition) is 1. The first-order valence-corrected chi connectivity index (χ1v) is 7.61. The van der Waals surface area contributed by atoms with Gasteiger partial charge >= 0.3 is 6.18 Å². The van der Waals surface area contributed by atoms with Crippen molar-refractivity contribution in [2.24, 2.45) is 0 Å². The molecule has 0 aliphatic heterocycles. The van der Waals surface area contributed by atoms with E-state index in [4.69, 9.17) is 11.6 Å². The highest BCUT2D eigenvalue weighted by Gasteiger charge is 2.31. The summed E-state index contributed by atoms with van der Waals surface area (Å²) >= 11 is 5.73. The fourth-order valence-corrected chi connectivity index (χ4v) is 3.22. The molecule has 0 atom stereocenters. The van der Waals surface area contributed by atoms with Crippen LogP contribution in [0.3, 0.4) is 0 Å². The van der Waals surface area contributed by atoms with Gasteiger partial charge in [0, 0.05) is 0 Å². The smallest absolute Gasteiger partial charge is 0.277 e. The topological polar surface area (TPSA) is 46.2 Å². The van der Waals surface area contributed by atoms with Gasteiger partial charge in [-0.15, -0.1) is 0 Å². The van der Waals surface area contributed by atoms with Crippen molar-refractivity contribution in [2.45, 2.75) is 11.1 Å². The molecule has 3 nitrogen and oxygen atoms in total. The van der Waals surface area contributed by atoms with E-state index < -0.39 is 33.3 Å². The van der Waals surface area contributed by atoms with E-state index >= 15 is 0 Å². The molecular weight excluding hydrogens is 346 g/mol. The third-order valence-electron chi connectivity index (χ3n) is 2.66. The number of anilines is 1. The molecule has 0 spiro atoms. The van der Waals surface area contributed by atoms with Crippen LogP contribution in [0, 0.1) is 5.82 Å². The van der Waals surface area contributed by atoms with Crippen LogP contribution in [-0.2, 0) is 16.2 Å². The molecule has 0 aromatic heterocycles. The lowest BCUT2D eigenvalue weighted by Gasteiger charge is -2.12. The van der Waals surface area contributed by atoms with E-state index in [1.165, 1.54) is 18.2 Å². The summed E-state index contributed by atoms with van der Waals surface area (Å²) in [6.45, 7) is 0. The molecule has 0 saturated heterocycles. The Labute approximate surface area is 128 Å². The van der Waals surface area contributed by atoms with Crippen molar-refractivity contribution < 1.29 is 26.0 Å². The summed E-state index contributed by atoms with van der Waals surface area (Å²) < 4.78 is 77.3. The molecule has 118 valence electrons. The number of alkyl halides is 3. The van der Waals surface area contributed by atoms with E-state index in [0.29, 0.717) is 18.2 Å². The molecule has 2 aromatic rings. The second-order valence-electron chi connectivity index (χ2n) is 4.23.